The number of hydrogen-bond donors (Lipinski definition) is 1. The fourth-order valence-corrected chi connectivity index (χ4v) is 3.50. The second-order valence-corrected chi connectivity index (χ2v) is 5.65. The van der Waals surface area contributed by atoms with E-state index in [-0.39, 0.29) is 18.2 Å². The number of fused-ring (bicyclic) bond motifs is 1. The number of likely N-dealkylation sites (tertiary alicyclic amines) is 1. The zero-order chi connectivity index (χ0) is 13.4. The van der Waals surface area contributed by atoms with E-state index in [2.05, 4.69) is 4.90 Å². The second-order valence-electron chi connectivity index (χ2n) is 5.65. The minimum Gasteiger partial charge on any atom is -0.481 e. The first kappa shape index (κ1) is 12.6. The van der Waals surface area contributed by atoms with Gasteiger partial charge in [0.1, 0.15) is 5.82 Å². The van der Waals surface area contributed by atoms with Gasteiger partial charge in [0.05, 0.1) is 0 Å². The van der Waals surface area contributed by atoms with Crippen molar-refractivity contribution in [3.63, 3.8) is 0 Å². The number of hydrogen-bond acceptors (Lipinski definition) is 2. The molecule has 1 saturated heterocycles. The molecule has 0 amide bonds. The van der Waals surface area contributed by atoms with Crippen LogP contribution < -0.4 is 0 Å². The molecule has 3 rings (SSSR count). The van der Waals surface area contributed by atoms with Crippen molar-refractivity contribution in [3.05, 3.63) is 35.1 Å². The summed E-state index contributed by atoms with van der Waals surface area (Å²) < 4.78 is 13.2. The molecule has 2 aliphatic rings. The van der Waals surface area contributed by atoms with Gasteiger partial charge in [-0.25, -0.2) is 4.39 Å². The molecule has 2 unspecified atom stereocenters. The van der Waals surface area contributed by atoms with Crippen LogP contribution in [-0.2, 0) is 11.2 Å². The Hall–Kier alpha value is -1.42. The third-order valence-electron chi connectivity index (χ3n) is 4.37. The first-order valence-corrected chi connectivity index (χ1v) is 6.87. The van der Waals surface area contributed by atoms with Crippen molar-refractivity contribution in [3.8, 4) is 0 Å². The van der Waals surface area contributed by atoms with Gasteiger partial charge in [0, 0.05) is 19.0 Å². The number of aryl methyl sites for hydroxylation is 1. The molecule has 0 aromatic heterocycles. The van der Waals surface area contributed by atoms with Gasteiger partial charge < -0.3 is 5.11 Å². The number of carboxylic acid groups (broad SMARTS) is 1. The molecule has 0 spiro atoms. The average Bonchev–Trinajstić information content (AvgIpc) is 2.93. The van der Waals surface area contributed by atoms with Gasteiger partial charge in [-0.3, -0.25) is 9.69 Å². The molecule has 0 radical (unpaired) electrons. The summed E-state index contributed by atoms with van der Waals surface area (Å²) in [6.45, 7) is 1.81. The third-order valence-corrected chi connectivity index (χ3v) is 4.37. The molecule has 2 atom stereocenters. The average molecular weight is 263 g/mol. The largest absolute Gasteiger partial charge is 0.481 e. The number of carboxylic acids is 1. The Morgan fingerprint density at radius 3 is 3.05 bits per heavy atom. The van der Waals surface area contributed by atoms with Crippen molar-refractivity contribution in [2.45, 2.75) is 31.7 Å². The summed E-state index contributed by atoms with van der Waals surface area (Å²) in [4.78, 5) is 13.1. The second kappa shape index (κ2) is 4.93. The van der Waals surface area contributed by atoms with Gasteiger partial charge in [0.15, 0.2) is 0 Å². The van der Waals surface area contributed by atoms with E-state index in [1.54, 1.807) is 6.07 Å². The van der Waals surface area contributed by atoms with Crippen LogP contribution in [-0.4, -0.2) is 29.1 Å². The highest BCUT2D eigenvalue weighted by atomic mass is 19.1. The number of halogens is 1. The fraction of sp³-hybridized carbons (Fsp3) is 0.533. The van der Waals surface area contributed by atoms with E-state index in [4.69, 9.17) is 5.11 Å². The maximum Gasteiger partial charge on any atom is 0.303 e. The van der Waals surface area contributed by atoms with E-state index in [0.29, 0.717) is 6.04 Å². The smallest absolute Gasteiger partial charge is 0.303 e. The molecule has 0 bridgehead atoms. The molecule has 1 aromatic carbocycles. The van der Waals surface area contributed by atoms with E-state index in [1.807, 2.05) is 6.07 Å². The van der Waals surface area contributed by atoms with E-state index in [9.17, 15) is 9.18 Å². The SMILES string of the molecule is O=C(O)CC1CCN(C2CCc3cc(F)ccc32)C1. The molecule has 0 saturated carbocycles. The molecular weight excluding hydrogens is 245 g/mol. The van der Waals surface area contributed by atoms with Crippen LogP contribution in [0.3, 0.4) is 0 Å². The lowest BCUT2D eigenvalue weighted by Crippen LogP contribution is -2.25. The van der Waals surface area contributed by atoms with Crippen LogP contribution in [0.1, 0.15) is 36.4 Å². The van der Waals surface area contributed by atoms with Crippen LogP contribution in [0.2, 0.25) is 0 Å². The summed E-state index contributed by atoms with van der Waals surface area (Å²) in [7, 11) is 0. The maximum absolute atomic E-state index is 13.2. The van der Waals surface area contributed by atoms with E-state index in [1.165, 1.54) is 11.6 Å². The zero-order valence-electron chi connectivity index (χ0n) is 10.8. The molecule has 1 aromatic rings. The van der Waals surface area contributed by atoms with E-state index >= 15 is 0 Å². The van der Waals surface area contributed by atoms with Crippen LogP contribution in [0.15, 0.2) is 18.2 Å². The quantitative estimate of drug-likeness (QED) is 0.911. The summed E-state index contributed by atoms with van der Waals surface area (Å²) in [5, 5.41) is 8.85. The lowest BCUT2D eigenvalue weighted by molar-refractivity contribution is -0.138. The van der Waals surface area contributed by atoms with Crippen LogP contribution in [0.25, 0.3) is 0 Å². The Morgan fingerprint density at radius 1 is 1.42 bits per heavy atom. The minimum absolute atomic E-state index is 0.162. The van der Waals surface area contributed by atoms with Crippen molar-refractivity contribution in [1.82, 2.24) is 4.90 Å². The number of nitrogens with zero attached hydrogens (tertiary/aromatic N) is 1. The predicted molar refractivity (Wildman–Crippen MR) is 69.4 cm³/mol. The molecule has 3 nitrogen and oxygen atoms in total. The first-order chi connectivity index (χ1) is 9.13. The van der Waals surface area contributed by atoms with Crippen molar-refractivity contribution >= 4 is 5.97 Å². The Kier molecular flexibility index (Phi) is 3.27. The van der Waals surface area contributed by atoms with Crippen molar-refractivity contribution in [1.29, 1.82) is 0 Å². The van der Waals surface area contributed by atoms with Crippen molar-refractivity contribution < 1.29 is 14.3 Å². The monoisotopic (exact) mass is 263 g/mol. The molecule has 1 fully saturated rings. The molecule has 1 aliphatic heterocycles. The Balaban J connectivity index is 1.71. The predicted octanol–water partition coefficient (Wildman–Crippen LogP) is 2.61. The van der Waals surface area contributed by atoms with E-state index < -0.39 is 5.97 Å². The van der Waals surface area contributed by atoms with Crippen LogP contribution in [0, 0.1) is 11.7 Å². The zero-order valence-corrected chi connectivity index (χ0v) is 10.8. The van der Waals surface area contributed by atoms with Gasteiger partial charge >= 0.3 is 5.97 Å². The number of aliphatic carboxylic acids is 1. The number of rotatable bonds is 3. The van der Waals surface area contributed by atoms with Crippen LogP contribution in [0.4, 0.5) is 4.39 Å². The van der Waals surface area contributed by atoms with Crippen LogP contribution >= 0.6 is 0 Å². The molecule has 4 heteroatoms. The highest BCUT2D eigenvalue weighted by Crippen LogP contribution is 2.39. The highest BCUT2D eigenvalue weighted by molar-refractivity contribution is 5.67. The van der Waals surface area contributed by atoms with Crippen molar-refractivity contribution in [2.24, 2.45) is 5.92 Å². The standard InChI is InChI=1S/C15H18FNO2/c16-12-2-3-13-11(8-12)1-4-14(13)17-6-5-10(9-17)7-15(18)19/h2-3,8,10,14H,1,4-7,9H2,(H,18,19). The summed E-state index contributed by atoms with van der Waals surface area (Å²) >= 11 is 0. The van der Waals surface area contributed by atoms with Gasteiger partial charge in [-0.2, -0.15) is 0 Å². The Morgan fingerprint density at radius 2 is 2.26 bits per heavy atom. The molecule has 1 heterocycles. The molecule has 102 valence electrons. The Labute approximate surface area is 112 Å². The van der Waals surface area contributed by atoms with Gasteiger partial charge in [0.25, 0.3) is 0 Å². The van der Waals surface area contributed by atoms with Gasteiger partial charge in [-0.15, -0.1) is 0 Å². The summed E-state index contributed by atoms with van der Waals surface area (Å²) in [6, 6.07) is 5.42. The number of carbonyl (C=O) groups is 1. The Bertz CT molecular complexity index is 503. The first-order valence-electron chi connectivity index (χ1n) is 6.87. The molecule has 1 aliphatic carbocycles. The van der Waals surface area contributed by atoms with Crippen LogP contribution in [0.5, 0.6) is 0 Å². The fourth-order valence-electron chi connectivity index (χ4n) is 3.50. The third kappa shape index (κ3) is 2.50. The van der Waals surface area contributed by atoms with E-state index in [0.717, 1.165) is 37.9 Å². The van der Waals surface area contributed by atoms with Gasteiger partial charge in [-0.05, 0) is 55.0 Å². The van der Waals surface area contributed by atoms with Gasteiger partial charge in [-0.1, -0.05) is 6.07 Å². The lowest BCUT2D eigenvalue weighted by Gasteiger charge is -2.24. The topological polar surface area (TPSA) is 40.5 Å². The molecular formula is C15H18FNO2. The normalized spacial score (nSPS) is 26.6. The van der Waals surface area contributed by atoms with Crippen molar-refractivity contribution in [2.75, 3.05) is 13.1 Å². The highest BCUT2D eigenvalue weighted by Gasteiger charge is 2.33. The maximum atomic E-state index is 13.2. The summed E-state index contributed by atoms with van der Waals surface area (Å²) in [5.41, 5.74) is 2.35. The molecule has 19 heavy (non-hydrogen) atoms. The molecule has 1 N–H and O–H groups in total. The lowest BCUT2D eigenvalue weighted by atomic mass is 10.0. The summed E-state index contributed by atoms with van der Waals surface area (Å²) in [5.74, 6) is -0.604. The number of benzene rings is 1. The van der Waals surface area contributed by atoms with Gasteiger partial charge in [0.2, 0.25) is 0 Å². The minimum atomic E-state index is -0.708. The summed E-state index contributed by atoms with van der Waals surface area (Å²) in [6.07, 6.45) is 3.18.